The largest absolute Gasteiger partial charge is 0.339 e. The molecule has 0 spiro atoms. The maximum atomic E-state index is 4.39. The Morgan fingerprint density at radius 1 is 1.11 bits per heavy atom. The lowest BCUT2D eigenvalue weighted by molar-refractivity contribution is 0.494. The summed E-state index contributed by atoms with van der Waals surface area (Å²) in [6.45, 7) is 6.00. The van der Waals surface area contributed by atoms with Crippen LogP contribution >= 0.6 is 0 Å². The molecule has 0 aromatic carbocycles. The molecule has 3 heterocycles. The molecule has 5 nitrogen and oxygen atoms in total. The van der Waals surface area contributed by atoms with E-state index in [4.69, 9.17) is 0 Å². The van der Waals surface area contributed by atoms with Crippen LogP contribution in [0.25, 0.3) is 0 Å². The van der Waals surface area contributed by atoms with Gasteiger partial charge in [-0.2, -0.15) is 5.10 Å². The third-order valence-electron chi connectivity index (χ3n) is 3.32. The average Bonchev–Trinajstić information content (AvgIpc) is 2.98. The molecule has 18 heavy (non-hydrogen) atoms. The van der Waals surface area contributed by atoms with Crippen molar-refractivity contribution in [1.82, 2.24) is 19.7 Å². The molecular weight excluding hydrogens is 226 g/mol. The van der Waals surface area contributed by atoms with Crippen molar-refractivity contribution in [2.75, 3.05) is 18.0 Å². The predicted octanol–water partition coefficient (Wildman–Crippen LogP) is 1.74. The summed E-state index contributed by atoms with van der Waals surface area (Å²) in [7, 11) is 0. The topological polar surface area (TPSA) is 46.8 Å². The van der Waals surface area contributed by atoms with Gasteiger partial charge in [-0.25, -0.2) is 9.97 Å². The molecule has 1 unspecified atom stereocenters. The minimum absolute atomic E-state index is 0.434. The van der Waals surface area contributed by atoms with Crippen LogP contribution in [0.4, 0.5) is 5.95 Å². The van der Waals surface area contributed by atoms with Gasteiger partial charge in [0.2, 0.25) is 5.95 Å². The highest BCUT2D eigenvalue weighted by Crippen LogP contribution is 2.24. The molecule has 5 heteroatoms. The molecule has 2 aromatic rings. The Kier molecular flexibility index (Phi) is 2.74. The zero-order chi connectivity index (χ0) is 12.5. The van der Waals surface area contributed by atoms with Crippen LogP contribution in [0.5, 0.6) is 0 Å². The molecule has 0 amide bonds. The molecule has 94 valence electrons. The average molecular weight is 243 g/mol. The lowest BCUT2D eigenvalue weighted by Gasteiger charge is -2.16. The Labute approximate surface area is 106 Å². The number of anilines is 1. The standard InChI is InChI=1S/C13H17N5/c1-10-5-14-13(15-6-10)17-4-3-12(9-17)18-8-11(2)7-16-18/h5-8,12H,3-4,9H2,1-2H3. The Balaban J connectivity index is 1.73. The molecule has 0 bridgehead atoms. The van der Waals surface area contributed by atoms with Crippen molar-refractivity contribution < 1.29 is 0 Å². The number of nitrogens with zero attached hydrogens (tertiary/aromatic N) is 5. The summed E-state index contributed by atoms with van der Waals surface area (Å²) in [5, 5.41) is 4.39. The van der Waals surface area contributed by atoms with E-state index in [1.54, 1.807) is 0 Å². The summed E-state index contributed by atoms with van der Waals surface area (Å²) in [5.74, 6) is 0.826. The van der Waals surface area contributed by atoms with Gasteiger partial charge in [0.15, 0.2) is 0 Å². The van der Waals surface area contributed by atoms with Crippen LogP contribution in [-0.4, -0.2) is 32.8 Å². The van der Waals surface area contributed by atoms with Gasteiger partial charge in [0, 0.05) is 31.7 Å². The Morgan fingerprint density at radius 3 is 2.56 bits per heavy atom. The van der Waals surface area contributed by atoms with Crippen LogP contribution in [0.3, 0.4) is 0 Å². The van der Waals surface area contributed by atoms with Crippen LogP contribution in [0.2, 0.25) is 0 Å². The van der Waals surface area contributed by atoms with E-state index in [2.05, 4.69) is 37.8 Å². The second-order valence-corrected chi connectivity index (χ2v) is 4.95. The lowest BCUT2D eigenvalue weighted by Crippen LogP contribution is -2.23. The maximum Gasteiger partial charge on any atom is 0.225 e. The molecule has 2 aromatic heterocycles. The van der Waals surface area contributed by atoms with E-state index >= 15 is 0 Å². The van der Waals surface area contributed by atoms with Crippen molar-refractivity contribution in [3.05, 3.63) is 35.9 Å². The number of hydrogen-bond donors (Lipinski definition) is 0. The molecule has 3 rings (SSSR count). The zero-order valence-electron chi connectivity index (χ0n) is 10.7. The summed E-state index contributed by atoms with van der Waals surface area (Å²) in [5.41, 5.74) is 2.30. The molecule has 1 aliphatic rings. The Morgan fingerprint density at radius 2 is 1.89 bits per heavy atom. The fraction of sp³-hybridized carbons (Fsp3) is 0.462. The fourth-order valence-electron chi connectivity index (χ4n) is 2.32. The van der Waals surface area contributed by atoms with E-state index in [-0.39, 0.29) is 0 Å². The molecular formula is C13H17N5. The first-order valence-electron chi connectivity index (χ1n) is 6.27. The Hall–Kier alpha value is -1.91. The molecule has 1 saturated heterocycles. The van der Waals surface area contributed by atoms with Gasteiger partial charge < -0.3 is 4.90 Å². The first kappa shape index (κ1) is 11.2. The summed E-state index contributed by atoms with van der Waals surface area (Å²) in [6.07, 6.45) is 8.84. The van der Waals surface area contributed by atoms with E-state index in [0.717, 1.165) is 31.0 Å². The van der Waals surface area contributed by atoms with Crippen LogP contribution in [0.1, 0.15) is 23.6 Å². The van der Waals surface area contributed by atoms with Crippen LogP contribution in [0.15, 0.2) is 24.8 Å². The molecule has 0 saturated carbocycles. The highest BCUT2D eigenvalue weighted by molar-refractivity contribution is 5.31. The predicted molar refractivity (Wildman–Crippen MR) is 69.6 cm³/mol. The molecule has 1 atom stereocenters. The quantitative estimate of drug-likeness (QED) is 0.806. The summed E-state index contributed by atoms with van der Waals surface area (Å²) >= 11 is 0. The van der Waals surface area contributed by atoms with Crippen LogP contribution in [0, 0.1) is 13.8 Å². The highest BCUT2D eigenvalue weighted by atomic mass is 15.3. The van der Waals surface area contributed by atoms with Crippen molar-refractivity contribution >= 4 is 5.95 Å². The second kappa shape index (κ2) is 4.40. The number of rotatable bonds is 2. The van der Waals surface area contributed by atoms with Gasteiger partial charge in [0.25, 0.3) is 0 Å². The van der Waals surface area contributed by atoms with E-state index in [1.807, 2.05) is 25.5 Å². The van der Waals surface area contributed by atoms with Gasteiger partial charge in [0.1, 0.15) is 0 Å². The van der Waals surface area contributed by atoms with E-state index in [1.165, 1.54) is 5.56 Å². The van der Waals surface area contributed by atoms with Crippen molar-refractivity contribution in [2.45, 2.75) is 26.3 Å². The minimum Gasteiger partial charge on any atom is -0.339 e. The molecule has 1 fully saturated rings. The van der Waals surface area contributed by atoms with E-state index < -0.39 is 0 Å². The van der Waals surface area contributed by atoms with Crippen LogP contribution in [-0.2, 0) is 0 Å². The smallest absolute Gasteiger partial charge is 0.225 e. The first-order chi connectivity index (χ1) is 8.72. The number of hydrogen-bond acceptors (Lipinski definition) is 4. The summed E-state index contributed by atoms with van der Waals surface area (Å²) in [6, 6.07) is 0.434. The molecule has 0 radical (unpaired) electrons. The van der Waals surface area contributed by atoms with Gasteiger partial charge in [-0.3, -0.25) is 4.68 Å². The number of aryl methyl sites for hydroxylation is 2. The van der Waals surface area contributed by atoms with Gasteiger partial charge in [-0.05, 0) is 31.4 Å². The third kappa shape index (κ3) is 2.08. The summed E-state index contributed by atoms with van der Waals surface area (Å²) in [4.78, 5) is 11.0. The maximum absolute atomic E-state index is 4.39. The van der Waals surface area contributed by atoms with Gasteiger partial charge in [-0.15, -0.1) is 0 Å². The van der Waals surface area contributed by atoms with Crippen molar-refractivity contribution in [2.24, 2.45) is 0 Å². The fourth-order valence-corrected chi connectivity index (χ4v) is 2.32. The molecule has 1 aliphatic heterocycles. The lowest BCUT2D eigenvalue weighted by atomic mass is 10.3. The van der Waals surface area contributed by atoms with Gasteiger partial charge >= 0.3 is 0 Å². The summed E-state index contributed by atoms with van der Waals surface area (Å²) < 4.78 is 2.06. The van der Waals surface area contributed by atoms with Gasteiger partial charge in [-0.1, -0.05) is 0 Å². The van der Waals surface area contributed by atoms with Crippen molar-refractivity contribution in [3.63, 3.8) is 0 Å². The number of aromatic nitrogens is 4. The van der Waals surface area contributed by atoms with Crippen molar-refractivity contribution in [3.8, 4) is 0 Å². The normalized spacial score (nSPS) is 19.4. The van der Waals surface area contributed by atoms with E-state index in [9.17, 15) is 0 Å². The monoisotopic (exact) mass is 243 g/mol. The first-order valence-corrected chi connectivity index (χ1v) is 6.27. The molecule has 0 aliphatic carbocycles. The SMILES string of the molecule is Cc1cnc(N2CCC(n3cc(C)cn3)C2)nc1. The third-order valence-corrected chi connectivity index (χ3v) is 3.32. The minimum atomic E-state index is 0.434. The van der Waals surface area contributed by atoms with Crippen molar-refractivity contribution in [1.29, 1.82) is 0 Å². The van der Waals surface area contributed by atoms with Crippen LogP contribution < -0.4 is 4.90 Å². The Bertz CT molecular complexity index is 531. The highest BCUT2D eigenvalue weighted by Gasteiger charge is 2.25. The second-order valence-electron chi connectivity index (χ2n) is 4.95. The molecule has 0 N–H and O–H groups in total. The van der Waals surface area contributed by atoms with Gasteiger partial charge in [0.05, 0.1) is 12.2 Å². The van der Waals surface area contributed by atoms with E-state index in [0.29, 0.717) is 6.04 Å². The zero-order valence-corrected chi connectivity index (χ0v) is 10.7.